The number of aromatic nitrogens is 3. The van der Waals surface area contributed by atoms with Crippen LogP contribution in [0.3, 0.4) is 0 Å². The van der Waals surface area contributed by atoms with Gasteiger partial charge in [0.2, 0.25) is 5.89 Å². The number of hydrogen-bond acceptors (Lipinski definition) is 4. The third kappa shape index (κ3) is 2.49. The van der Waals surface area contributed by atoms with Crippen molar-refractivity contribution in [2.75, 3.05) is 6.54 Å². The van der Waals surface area contributed by atoms with Gasteiger partial charge in [0.25, 0.3) is 0 Å². The van der Waals surface area contributed by atoms with Crippen LogP contribution in [0, 0.1) is 0 Å². The molecule has 0 saturated heterocycles. The molecule has 5 nitrogen and oxygen atoms in total. The summed E-state index contributed by atoms with van der Waals surface area (Å²) >= 11 is 0. The van der Waals surface area contributed by atoms with Crippen LogP contribution in [0.25, 0.3) is 11.3 Å². The summed E-state index contributed by atoms with van der Waals surface area (Å²) in [6.45, 7) is 3.78. The van der Waals surface area contributed by atoms with E-state index in [0.717, 1.165) is 24.3 Å². The van der Waals surface area contributed by atoms with Crippen LogP contribution in [0.15, 0.2) is 23.0 Å². The molecule has 0 spiro atoms. The molecular weight excluding hydrogens is 204 g/mol. The molecule has 0 aliphatic heterocycles. The van der Waals surface area contributed by atoms with E-state index in [1.165, 1.54) is 0 Å². The normalized spacial score (nSPS) is 10.9. The lowest BCUT2D eigenvalue weighted by atomic mass is 10.3. The van der Waals surface area contributed by atoms with E-state index >= 15 is 0 Å². The second-order valence-electron chi connectivity index (χ2n) is 3.70. The van der Waals surface area contributed by atoms with Gasteiger partial charge < -0.3 is 9.73 Å². The maximum absolute atomic E-state index is 5.60. The van der Waals surface area contributed by atoms with Crippen LogP contribution in [-0.4, -0.2) is 21.3 Å². The third-order valence-corrected chi connectivity index (χ3v) is 2.25. The highest BCUT2D eigenvalue weighted by Gasteiger charge is 2.07. The van der Waals surface area contributed by atoms with Gasteiger partial charge in [0.05, 0.1) is 24.5 Å². The lowest BCUT2D eigenvalue weighted by Gasteiger charge is -1.97. The van der Waals surface area contributed by atoms with Gasteiger partial charge >= 0.3 is 0 Å². The average Bonchev–Trinajstić information content (AvgIpc) is 2.87. The van der Waals surface area contributed by atoms with E-state index in [2.05, 4.69) is 22.3 Å². The van der Waals surface area contributed by atoms with Gasteiger partial charge in [0.15, 0.2) is 5.76 Å². The second kappa shape index (κ2) is 4.94. The molecule has 16 heavy (non-hydrogen) atoms. The number of nitrogens with one attached hydrogen (secondary N) is 1. The first-order valence-electron chi connectivity index (χ1n) is 5.44. The minimum atomic E-state index is 0.675. The molecule has 0 fully saturated rings. The van der Waals surface area contributed by atoms with E-state index in [1.807, 2.05) is 13.2 Å². The average molecular weight is 220 g/mol. The highest BCUT2D eigenvalue weighted by molar-refractivity contribution is 5.53. The van der Waals surface area contributed by atoms with Gasteiger partial charge in [-0.3, -0.25) is 4.68 Å². The number of oxazole rings is 1. The molecule has 0 bridgehead atoms. The molecular formula is C11H16N4O. The van der Waals surface area contributed by atoms with Gasteiger partial charge in [0.1, 0.15) is 0 Å². The zero-order valence-electron chi connectivity index (χ0n) is 9.60. The van der Waals surface area contributed by atoms with Crippen molar-refractivity contribution in [2.45, 2.75) is 19.9 Å². The van der Waals surface area contributed by atoms with Crippen LogP contribution in [-0.2, 0) is 13.6 Å². The predicted octanol–water partition coefficient (Wildman–Crippen LogP) is 1.57. The first kappa shape index (κ1) is 10.9. The van der Waals surface area contributed by atoms with Crippen LogP contribution < -0.4 is 5.32 Å². The van der Waals surface area contributed by atoms with Gasteiger partial charge in [-0.2, -0.15) is 5.10 Å². The van der Waals surface area contributed by atoms with Crippen LogP contribution in [0.2, 0.25) is 0 Å². The van der Waals surface area contributed by atoms with Gasteiger partial charge in [-0.25, -0.2) is 4.98 Å². The fourth-order valence-electron chi connectivity index (χ4n) is 1.45. The van der Waals surface area contributed by atoms with Crippen molar-refractivity contribution in [3.05, 3.63) is 24.5 Å². The van der Waals surface area contributed by atoms with Gasteiger partial charge in [-0.1, -0.05) is 6.92 Å². The molecule has 0 aliphatic carbocycles. The Kier molecular flexibility index (Phi) is 3.36. The fraction of sp³-hybridized carbons (Fsp3) is 0.455. The Morgan fingerprint density at radius 1 is 1.44 bits per heavy atom. The number of aryl methyl sites for hydroxylation is 1. The molecule has 0 atom stereocenters. The van der Waals surface area contributed by atoms with Gasteiger partial charge in [-0.05, 0) is 13.0 Å². The summed E-state index contributed by atoms with van der Waals surface area (Å²) < 4.78 is 7.35. The SMILES string of the molecule is CCCNCc1ncc(-c2cnn(C)c2)o1. The number of nitrogens with zero attached hydrogens (tertiary/aromatic N) is 3. The first-order chi connectivity index (χ1) is 7.79. The summed E-state index contributed by atoms with van der Waals surface area (Å²) in [6.07, 6.45) is 6.52. The number of rotatable bonds is 5. The molecule has 2 aromatic rings. The highest BCUT2D eigenvalue weighted by Crippen LogP contribution is 2.18. The summed E-state index contributed by atoms with van der Waals surface area (Å²) in [6, 6.07) is 0. The summed E-state index contributed by atoms with van der Waals surface area (Å²) in [5.41, 5.74) is 0.955. The van der Waals surface area contributed by atoms with E-state index in [-0.39, 0.29) is 0 Å². The monoisotopic (exact) mass is 220 g/mol. The summed E-state index contributed by atoms with van der Waals surface area (Å²) in [5.74, 6) is 1.48. The fourth-order valence-corrected chi connectivity index (χ4v) is 1.45. The van der Waals surface area contributed by atoms with Crippen molar-refractivity contribution in [3.63, 3.8) is 0 Å². The molecule has 0 unspecified atom stereocenters. The number of hydrogen-bond donors (Lipinski definition) is 1. The lowest BCUT2D eigenvalue weighted by molar-refractivity contribution is 0.478. The minimum Gasteiger partial charge on any atom is -0.439 e. The van der Waals surface area contributed by atoms with E-state index in [0.29, 0.717) is 12.4 Å². The molecule has 0 amide bonds. The maximum Gasteiger partial charge on any atom is 0.208 e. The largest absolute Gasteiger partial charge is 0.439 e. The van der Waals surface area contributed by atoms with Crippen molar-refractivity contribution in [1.29, 1.82) is 0 Å². The zero-order chi connectivity index (χ0) is 11.4. The molecule has 0 aromatic carbocycles. The van der Waals surface area contributed by atoms with Crippen LogP contribution >= 0.6 is 0 Å². The Bertz CT molecular complexity index is 446. The molecule has 86 valence electrons. The molecule has 0 radical (unpaired) electrons. The Morgan fingerprint density at radius 2 is 2.31 bits per heavy atom. The van der Waals surface area contributed by atoms with E-state index < -0.39 is 0 Å². The summed E-state index contributed by atoms with van der Waals surface area (Å²) in [4.78, 5) is 4.21. The van der Waals surface area contributed by atoms with Crippen molar-refractivity contribution < 1.29 is 4.42 Å². The quantitative estimate of drug-likeness (QED) is 0.777. The zero-order valence-corrected chi connectivity index (χ0v) is 9.60. The summed E-state index contributed by atoms with van der Waals surface area (Å²) in [5, 5.41) is 7.34. The lowest BCUT2D eigenvalue weighted by Crippen LogP contribution is -2.13. The van der Waals surface area contributed by atoms with Crippen molar-refractivity contribution in [3.8, 4) is 11.3 Å². The standard InChI is InChI=1S/C11H16N4O/c1-3-4-12-7-11-13-6-10(16-11)9-5-14-15(2)8-9/h5-6,8,12H,3-4,7H2,1-2H3. The Balaban J connectivity index is 2.02. The first-order valence-corrected chi connectivity index (χ1v) is 5.44. The third-order valence-electron chi connectivity index (χ3n) is 2.25. The Hall–Kier alpha value is -1.62. The predicted molar refractivity (Wildman–Crippen MR) is 60.7 cm³/mol. The van der Waals surface area contributed by atoms with Crippen molar-refractivity contribution in [2.24, 2.45) is 7.05 Å². The van der Waals surface area contributed by atoms with E-state index in [1.54, 1.807) is 17.1 Å². The molecule has 1 N–H and O–H groups in total. The maximum atomic E-state index is 5.60. The Morgan fingerprint density at radius 3 is 3.00 bits per heavy atom. The van der Waals surface area contributed by atoms with E-state index in [9.17, 15) is 0 Å². The molecule has 5 heteroatoms. The van der Waals surface area contributed by atoms with Crippen molar-refractivity contribution in [1.82, 2.24) is 20.1 Å². The van der Waals surface area contributed by atoms with Crippen LogP contribution in [0.4, 0.5) is 0 Å². The molecule has 0 aliphatic rings. The smallest absolute Gasteiger partial charge is 0.208 e. The molecule has 0 saturated carbocycles. The van der Waals surface area contributed by atoms with Crippen LogP contribution in [0.5, 0.6) is 0 Å². The van der Waals surface area contributed by atoms with Gasteiger partial charge in [-0.15, -0.1) is 0 Å². The Labute approximate surface area is 94.5 Å². The minimum absolute atomic E-state index is 0.675. The van der Waals surface area contributed by atoms with Gasteiger partial charge in [0, 0.05) is 13.2 Å². The van der Waals surface area contributed by atoms with E-state index in [4.69, 9.17) is 4.42 Å². The van der Waals surface area contributed by atoms with Crippen LogP contribution in [0.1, 0.15) is 19.2 Å². The molecule has 2 heterocycles. The molecule has 2 aromatic heterocycles. The topological polar surface area (TPSA) is 55.9 Å². The summed E-state index contributed by atoms with van der Waals surface area (Å²) in [7, 11) is 1.88. The second-order valence-corrected chi connectivity index (χ2v) is 3.70. The molecule has 2 rings (SSSR count). The highest BCUT2D eigenvalue weighted by atomic mass is 16.4. The van der Waals surface area contributed by atoms with Crippen molar-refractivity contribution >= 4 is 0 Å².